The van der Waals surface area contributed by atoms with Crippen LogP contribution in [0, 0.1) is 0 Å². The Morgan fingerprint density at radius 1 is 0.852 bits per heavy atom. The molecule has 27 heavy (non-hydrogen) atoms. The molecule has 0 amide bonds. The summed E-state index contributed by atoms with van der Waals surface area (Å²) >= 11 is 0. The van der Waals surface area contributed by atoms with Crippen LogP contribution in [0.15, 0.2) is 52.3 Å². The minimum atomic E-state index is -3.92. The number of sulfonamides is 2. The third-order valence-electron chi connectivity index (χ3n) is 3.49. The standard InChI is InChI=1S/C16H20N2O7S2/c1-24-15-8-7-14(11-16(15)25-2)27(22,23)18-12-3-5-13(6-4-12)26(20,21)17-9-10-19/h3-8,11,17-19H,9-10H2,1-2H3. The molecule has 0 saturated carbocycles. The average Bonchev–Trinajstić information content (AvgIpc) is 2.66. The van der Waals surface area contributed by atoms with Gasteiger partial charge in [-0.2, -0.15) is 0 Å². The summed E-state index contributed by atoms with van der Waals surface area (Å²) in [6, 6.07) is 9.31. The molecule has 0 aliphatic carbocycles. The van der Waals surface area contributed by atoms with E-state index in [0.29, 0.717) is 5.75 Å². The summed E-state index contributed by atoms with van der Waals surface area (Å²) in [5.74, 6) is 0.651. The van der Waals surface area contributed by atoms with Crippen molar-refractivity contribution in [1.82, 2.24) is 4.72 Å². The molecule has 2 rings (SSSR count). The Bertz CT molecular complexity index is 988. The predicted molar refractivity (Wildman–Crippen MR) is 99.1 cm³/mol. The van der Waals surface area contributed by atoms with E-state index in [1.165, 1.54) is 56.7 Å². The first kappa shape index (κ1) is 21.0. The number of anilines is 1. The number of hydrogen-bond acceptors (Lipinski definition) is 7. The highest BCUT2D eigenvalue weighted by Gasteiger charge is 2.18. The van der Waals surface area contributed by atoms with Crippen molar-refractivity contribution in [3.63, 3.8) is 0 Å². The van der Waals surface area contributed by atoms with Gasteiger partial charge in [0.1, 0.15) is 0 Å². The smallest absolute Gasteiger partial charge is 0.262 e. The van der Waals surface area contributed by atoms with Crippen molar-refractivity contribution in [2.45, 2.75) is 9.79 Å². The number of ether oxygens (including phenoxy) is 2. The van der Waals surface area contributed by atoms with Crippen molar-refractivity contribution in [2.75, 3.05) is 32.1 Å². The van der Waals surface area contributed by atoms with Gasteiger partial charge >= 0.3 is 0 Å². The first-order valence-corrected chi connectivity index (χ1v) is 10.7. The molecule has 0 atom stereocenters. The Morgan fingerprint density at radius 3 is 2.00 bits per heavy atom. The van der Waals surface area contributed by atoms with E-state index in [9.17, 15) is 16.8 Å². The second-order valence-corrected chi connectivity index (χ2v) is 8.72. The van der Waals surface area contributed by atoms with Crippen LogP contribution in [0.3, 0.4) is 0 Å². The Balaban J connectivity index is 2.23. The fourth-order valence-corrected chi connectivity index (χ4v) is 4.26. The zero-order chi connectivity index (χ0) is 20.1. The van der Waals surface area contributed by atoms with Crippen LogP contribution in [0.4, 0.5) is 5.69 Å². The fourth-order valence-electron chi connectivity index (χ4n) is 2.16. The summed E-state index contributed by atoms with van der Waals surface area (Å²) in [5.41, 5.74) is 0.186. The molecule has 0 spiro atoms. The summed E-state index contributed by atoms with van der Waals surface area (Å²) in [6.07, 6.45) is 0. The third kappa shape index (κ3) is 5.10. The number of aliphatic hydroxyl groups is 1. The second kappa shape index (κ2) is 8.57. The molecule has 3 N–H and O–H groups in total. The minimum absolute atomic E-state index is 0.0403. The summed E-state index contributed by atoms with van der Waals surface area (Å²) in [4.78, 5) is -0.0912. The average molecular weight is 416 g/mol. The van der Waals surface area contributed by atoms with Crippen molar-refractivity contribution in [2.24, 2.45) is 0 Å². The molecule has 0 saturated heterocycles. The molecule has 9 nitrogen and oxygen atoms in total. The first-order chi connectivity index (χ1) is 12.7. The van der Waals surface area contributed by atoms with Crippen LogP contribution in [0.1, 0.15) is 0 Å². The van der Waals surface area contributed by atoms with Crippen LogP contribution in [-0.2, 0) is 20.0 Å². The van der Waals surface area contributed by atoms with Crippen LogP contribution in [0.25, 0.3) is 0 Å². The molecular weight excluding hydrogens is 396 g/mol. The van der Waals surface area contributed by atoms with Gasteiger partial charge < -0.3 is 14.6 Å². The Morgan fingerprint density at radius 2 is 1.44 bits per heavy atom. The molecule has 148 valence electrons. The monoisotopic (exact) mass is 416 g/mol. The zero-order valence-corrected chi connectivity index (χ0v) is 16.3. The number of benzene rings is 2. The lowest BCUT2D eigenvalue weighted by Crippen LogP contribution is -2.26. The van der Waals surface area contributed by atoms with E-state index < -0.39 is 20.0 Å². The maximum absolute atomic E-state index is 12.5. The van der Waals surface area contributed by atoms with Gasteiger partial charge in [-0.25, -0.2) is 21.6 Å². The van der Waals surface area contributed by atoms with Crippen LogP contribution in [0.2, 0.25) is 0 Å². The van der Waals surface area contributed by atoms with Crippen molar-refractivity contribution in [3.05, 3.63) is 42.5 Å². The summed E-state index contributed by atoms with van der Waals surface area (Å²) in [5, 5.41) is 8.71. The van der Waals surface area contributed by atoms with Gasteiger partial charge in [-0.05, 0) is 36.4 Å². The van der Waals surface area contributed by atoms with E-state index >= 15 is 0 Å². The molecule has 0 bridgehead atoms. The Labute approximate surface area is 158 Å². The molecule has 0 unspecified atom stereocenters. The van der Waals surface area contributed by atoms with Crippen LogP contribution in [-0.4, -0.2) is 49.3 Å². The highest BCUT2D eigenvalue weighted by atomic mass is 32.2. The molecule has 0 aliphatic heterocycles. The van der Waals surface area contributed by atoms with Gasteiger partial charge in [-0.3, -0.25) is 4.72 Å². The van der Waals surface area contributed by atoms with Crippen LogP contribution < -0.4 is 18.9 Å². The van der Waals surface area contributed by atoms with Crippen LogP contribution >= 0.6 is 0 Å². The van der Waals surface area contributed by atoms with E-state index in [4.69, 9.17) is 14.6 Å². The quantitative estimate of drug-likeness (QED) is 0.550. The zero-order valence-electron chi connectivity index (χ0n) is 14.7. The fraction of sp³-hybridized carbons (Fsp3) is 0.250. The van der Waals surface area contributed by atoms with Crippen molar-refractivity contribution < 1.29 is 31.4 Å². The third-order valence-corrected chi connectivity index (χ3v) is 6.34. The molecule has 0 heterocycles. The van der Waals surface area contributed by atoms with Gasteiger partial charge in [0, 0.05) is 18.3 Å². The predicted octanol–water partition coefficient (Wildman–Crippen LogP) is 0.775. The molecule has 2 aromatic rings. The minimum Gasteiger partial charge on any atom is -0.493 e. The van der Waals surface area contributed by atoms with E-state index in [1.807, 2.05) is 0 Å². The summed E-state index contributed by atoms with van der Waals surface area (Å²) in [7, 11) is -4.85. The van der Waals surface area contributed by atoms with Crippen molar-refractivity contribution in [3.8, 4) is 11.5 Å². The Hall–Kier alpha value is -2.34. The number of hydrogen-bond donors (Lipinski definition) is 3. The van der Waals surface area contributed by atoms with E-state index in [1.54, 1.807) is 0 Å². The topological polar surface area (TPSA) is 131 Å². The van der Waals surface area contributed by atoms with E-state index in [0.717, 1.165) is 0 Å². The Kier molecular flexibility index (Phi) is 6.65. The highest BCUT2D eigenvalue weighted by molar-refractivity contribution is 7.92. The van der Waals surface area contributed by atoms with E-state index in [2.05, 4.69) is 9.44 Å². The lowest BCUT2D eigenvalue weighted by molar-refractivity contribution is 0.301. The SMILES string of the molecule is COc1ccc(S(=O)(=O)Nc2ccc(S(=O)(=O)NCCO)cc2)cc1OC. The van der Waals surface area contributed by atoms with Crippen molar-refractivity contribution in [1.29, 1.82) is 0 Å². The van der Waals surface area contributed by atoms with Gasteiger partial charge in [-0.1, -0.05) is 0 Å². The van der Waals surface area contributed by atoms with Gasteiger partial charge in [0.2, 0.25) is 10.0 Å². The number of nitrogens with one attached hydrogen (secondary N) is 2. The van der Waals surface area contributed by atoms with Gasteiger partial charge in [-0.15, -0.1) is 0 Å². The molecule has 2 aromatic carbocycles. The van der Waals surface area contributed by atoms with E-state index in [-0.39, 0.29) is 34.4 Å². The number of aliphatic hydroxyl groups excluding tert-OH is 1. The molecular formula is C16H20N2O7S2. The molecule has 0 fully saturated rings. The lowest BCUT2D eigenvalue weighted by Gasteiger charge is -2.12. The second-order valence-electron chi connectivity index (χ2n) is 5.27. The number of methoxy groups -OCH3 is 2. The van der Waals surface area contributed by atoms with Crippen molar-refractivity contribution >= 4 is 25.7 Å². The normalized spacial score (nSPS) is 11.8. The largest absolute Gasteiger partial charge is 0.493 e. The van der Waals surface area contributed by atoms with Gasteiger partial charge in [0.25, 0.3) is 10.0 Å². The highest BCUT2D eigenvalue weighted by Crippen LogP contribution is 2.30. The van der Waals surface area contributed by atoms with Crippen LogP contribution in [0.5, 0.6) is 11.5 Å². The maximum atomic E-state index is 12.5. The molecule has 0 aromatic heterocycles. The first-order valence-electron chi connectivity index (χ1n) is 7.69. The number of rotatable bonds is 9. The molecule has 11 heteroatoms. The van der Waals surface area contributed by atoms with Gasteiger partial charge in [0.05, 0.1) is 30.6 Å². The lowest BCUT2D eigenvalue weighted by atomic mass is 10.3. The summed E-state index contributed by atoms with van der Waals surface area (Å²) < 4.78 is 63.7. The molecule has 0 aliphatic rings. The summed E-state index contributed by atoms with van der Waals surface area (Å²) in [6.45, 7) is -0.446. The molecule has 0 radical (unpaired) electrons. The maximum Gasteiger partial charge on any atom is 0.262 e. The van der Waals surface area contributed by atoms with Gasteiger partial charge in [0.15, 0.2) is 11.5 Å².